The van der Waals surface area contributed by atoms with Gasteiger partial charge >= 0.3 is 0 Å². The van der Waals surface area contributed by atoms with Crippen molar-refractivity contribution in [2.24, 2.45) is 7.05 Å². The Morgan fingerprint density at radius 2 is 1.13 bits per heavy atom. The summed E-state index contributed by atoms with van der Waals surface area (Å²) in [5.41, 5.74) is 17.8. The molecule has 0 atom stereocenters. The number of pyridine rings is 1. The molecule has 0 unspecified atom stereocenters. The molecule has 1 aliphatic rings. The Hall–Kier alpha value is -7.31. The molecule has 0 aliphatic carbocycles. The zero-order valence-corrected chi connectivity index (χ0v) is 34.6. The van der Waals surface area contributed by atoms with Crippen LogP contribution in [-0.4, -0.2) is 27.8 Å². The Labute approximate surface area is 351 Å². The van der Waals surface area contributed by atoms with Gasteiger partial charge in [-0.15, -0.1) is 0 Å². The fourth-order valence-electron chi connectivity index (χ4n) is 9.43. The maximum absolute atomic E-state index is 4.97. The van der Waals surface area contributed by atoms with Crippen molar-refractivity contribution in [3.8, 4) is 28.1 Å². The summed E-state index contributed by atoms with van der Waals surface area (Å²) in [5, 5.41) is 2.56. The average Bonchev–Trinajstić information content (AvgIpc) is 3.94. The van der Waals surface area contributed by atoms with Crippen LogP contribution in [0, 0.1) is 0 Å². The van der Waals surface area contributed by atoms with Crippen LogP contribution in [0.3, 0.4) is 0 Å². The van der Waals surface area contributed by atoms with E-state index in [-0.39, 0.29) is 5.41 Å². The highest BCUT2D eigenvalue weighted by Gasteiger charge is 2.32. The monoisotopic (exact) mass is 778 g/mol. The Morgan fingerprint density at radius 3 is 1.83 bits per heavy atom. The number of hydrogen-bond donors (Lipinski definition) is 0. The molecule has 0 saturated carbocycles. The van der Waals surface area contributed by atoms with Gasteiger partial charge in [-0.3, -0.25) is 4.57 Å². The zero-order valence-electron chi connectivity index (χ0n) is 34.6. The van der Waals surface area contributed by atoms with Crippen molar-refractivity contribution in [2.45, 2.75) is 26.2 Å². The van der Waals surface area contributed by atoms with E-state index >= 15 is 0 Å². The summed E-state index contributed by atoms with van der Waals surface area (Å²) in [6.07, 6.45) is 1.96. The Balaban J connectivity index is 1.02. The molecule has 0 spiro atoms. The van der Waals surface area contributed by atoms with Crippen LogP contribution < -0.4 is 14.7 Å². The number of aryl methyl sites for hydroxylation is 1. The molecule has 1 aliphatic heterocycles. The minimum atomic E-state index is 0.00278. The molecule has 10 aromatic rings. The lowest BCUT2D eigenvalue weighted by atomic mass is 9.88. The molecular formula is C54H46N6. The third-order valence-electron chi connectivity index (χ3n) is 12.5. The van der Waals surface area contributed by atoms with E-state index in [1.54, 1.807) is 0 Å². The van der Waals surface area contributed by atoms with Crippen LogP contribution in [0.2, 0.25) is 0 Å². The second-order valence-corrected chi connectivity index (χ2v) is 17.1. The van der Waals surface area contributed by atoms with Crippen LogP contribution in [0.4, 0.5) is 34.1 Å². The fraction of sp³-hybridized carbons (Fsp3) is 0.130. The zero-order chi connectivity index (χ0) is 40.7. The van der Waals surface area contributed by atoms with Crippen LogP contribution in [-0.2, 0) is 12.5 Å². The van der Waals surface area contributed by atoms with Crippen LogP contribution in [0.5, 0.6) is 0 Å². The molecule has 6 nitrogen and oxygen atoms in total. The lowest BCUT2D eigenvalue weighted by molar-refractivity contribution is 0.588. The first-order chi connectivity index (χ1) is 29.2. The van der Waals surface area contributed by atoms with E-state index in [1.165, 1.54) is 72.2 Å². The lowest BCUT2D eigenvalue weighted by Crippen LogP contribution is -2.25. The van der Waals surface area contributed by atoms with E-state index in [1.807, 2.05) is 6.20 Å². The maximum Gasteiger partial charge on any atom is 0.137 e. The molecule has 7 aromatic carbocycles. The van der Waals surface area contributed by atoms with Gasteiger partial charge in [0, 0.05) is 59.3 Å². The molecule has 0 bridgehead atoms. The largest absolute Gasteiger partial charge is 0.344 e. The molecule has 3 aromatic heterocycles. The highest BCUT2D eigenvalue weighted by atomic mass is 15.4. The summed E-state index contributed by atoms with van der Waals surface area (Å²) < 4.78 is 4.70. The SMILES string of the molecule is CN(c1cccc(N2CN(c3c(-c4ccccc4)cccc3-c3ccccc3)c3ccccc32)c1)c1cc2c3c4c(cccc4n(-c4cc(C(C)(C)C)ccn4)c3c1)n2C. The highest BCUT2D eigenvalue weighted by molar-refractivity contribution is 6.25. The van der Waals surface area contributed by atoms with E-state index in [2.05, 4.69) is 229 Å². The van der Waals surface area contributed by atoms with Gasteiger partial charge in [0.05, 0.1) is 39.1 Å². The topological polar surface area (TPSA) is 32.5 Å². The van der Waals surface area contributed by atoms with Crippen LogP contribution >= 0.6 is 0 Å². The first kappa shape index (κ1) is 35.8. The number of fused-ring (bicyclic) bond motifs is 1. The second kappa shape index (κ2) is 13.6. The predicted molar refractivity (Wildman–Crippen MR) is 252 cm³/mol. The Kier molecular flexibility index (Phi) is 8.14. The molecule has 292 valence electrons. The molecule has 0 N–H and O–H groups in total. The van der Waals surface area contributed by atoms with E-state index in [0.29, 0.717) is 6.67 Å². The van der Waals surface area contributed by atoms with Crippen LogP contribution in [0.1, 0.15) is 26.3 Å². The van der Waals surface area contributed by atoms with Gasteiger partial charge in [0.15, 0.2) is 0 Å². The summed E-state index contributed by atoms with van der Waals surface area (Å²) in [7, 11) is 4.37. The lowest BCUT2D eigenvalue weighted by Gasteiger charge is -2.28. The van der Waals surface area contributed by atoms with Gasteiger partial charge in [-0.2, -0.15) is 0 Å². The van der Waals surface area contributed by atoms with Gasteiger partial charge in [-0.25, -0.2) is 4.98 Å². The molecular weight excluding hydrogens is 733 g/mol. The van der Waals surface area contributed by atoms with Gasteiger partial charge in [-0.1, -0.05) is 124 Å². The third kappa shape index (κ3) is 5.59. The first-order valence-corrected chi connectivity index (χ1v) is 20.8. The number of anilines is 6. The van der Waals surface area contributed by atoms with E-state index in [9.17, 15) is 0 Å². The van der Waals surface area contributed by atoms with Crippen LogP contribution in [0.15, 0.2) is 176 Å². The van der Waals surface area contributed by atoms with E-state index < -0.39 is 0 Å². The average molecular weight is 779 g/mol. The Bertz CT molecular complexity index is 3150. The molecule has 6 heteroatoms. The van der Waals surface area contributed by atoms with Crippen molar-refractivity contribution in [3.05, 3.63) is 182 Å². The molecule has 0 radical (unpaired) electrons. The van der Waals surface area contributed by atoms with Gasteiger partial charge < -0.3 is 19.3 Å². The number of nitrogens with zero attached hydrogens (tertiary/aromatic N) is 6. The number of rotatable bonds is 7. The Morgan fingerprint density at radius 1 is 0.533 bits per heavy atom. The second-order valence-electron chi connectivity index (χ2n) is 17.1. The summed E-state index contributed by atoms with van der Waals surface area (Å²) in [6.45, 7) is 7.45. The summed E-state index contributed by atoms with van der Waals surface area (Å²) in [4.78, 5) is 12.2. The number of hydrogen-bond acceptors (Lipinski definition) is 4. The van der Waals surface area contributed by atoms with Gasteiger partial charge in [0.1, 0.15) is 12.5 Å². The quantitative estimate of drug-likeness (QED) is 0.161. The van der Waals surface area contributed by atoms with Gasteiger partial charge in [0.2, 0.25) is 0 Å². The number of benzene rings is 7. The summed E-state index contributed by atoms with van der Waals surface area (Å²) >= 11 is 0. The van der Waals surface area contributed by atoms with Gasteiger partial charge in [-0.05, 0) is 88.8 Å². The normalized spacial score (nSPS) is 12.9. The van der Waals surface area contributed by atoms with Crippen molar-refractivity contribution in [1.29, 1.82) is 0 Å². The maximum atomic E-state index is 4.97. The molecule has 0 amide bonds. The van der Waals surface area contributed by atoms with Crippen molar-refractivity contribution in [3.63, 3.8) is 0 Å². The predicted octanol–water partition coefficient (Wildman–Crippen LogP) is 13.8. The number of para-hydroxylation sites is 3. The van der Waals surface area contributed by atoms with Crippen molar-refractivity contribution < 1.29 is 0 Å². The van der Waals surface area contributed by atoms with E-state index in [0.717, 1.165) is 28.4 Å². The summed E-state index contributed by atoms with van der Waals surface area (Å²) in [5.74, 6) is 0.943. The minimum Gasteiger partial charge on any atom is -0.344 e. The van der Waals surface area contributed by atoms with Crippen molar-refractivity contribution >= 4 is 67.0 Å². The molecule has 4 heterocycles. The number of aromatic nitrogens is 3. The van der Waals surface area contributed by atoms with Crippen molar-refractivity contribution in [1.82, 2.24) is 14.1 Å². The van der Waals surface area contributed by atoms with E-state index in [4.69, 9.17) is 4.98 Å². The molecule has 60 heavy (non-hydrogen) atoms. The van der Waals surface area contributed by atoms with Crippen molar-refractivity contribution in [2.75, 3.05) is 28.4 Å². The summed E-state index contributed by atoms with van der Waals surface area (Å²) in [6, 6.07) is 61.8. The minimum absolute atomic E-state index is 0.00278. The van der Waals surface area contributed by atoms with Crippen LogP contribution in [0.25, 0.3) is 60.9 Å². The standard InChI is InChI=1S/C54H46N6/c1-54(2,3)38-29-30-55-50(31-38)60-47-28-16-27-46-51(47)52-48(57(46)5)33-41(34-49(52)60)56(4)39-21-14-22-40(32-39)58-35-59(45-26-13-12-25-44(45)58)53-42(36-17-8-6-9-18-36)23-15-24-43(53)37-19-10-7-11-20-37/h6-34H,35H2,1-5H3. The first-order valence-electron chi connectivity index (χ1n) is 20.8. The highest BCUT2D eigenvalue weighted by Crippen LogP contribution is 2.50. The molecule has 0 saturated heterocycles. The molecule has 0 fully saturated rings. The van der Waals surface area contributed by atoms with Gasteiger partial charge in [0.25, 0.3) is 0 Å². The fourth-order valence-corrected chi connectivity index (χ4v) is 9.43. The smallest absolute Gasteiger partial charge is 0.137 e. The third-order valence-corrected chi connectivity index (χ3v) is 12.5. The molecule has 11 rings (SSSR count).